The molecule has 0 amide bonds. The molecule has 0 aliphatic carbocycles. The highest BCUT2D eigenvalue weighted by molar-refractivity contribution is 9.10. The summed E-state index contributed by atoms with van der Waals surface area (Å²) >= 11 is 5.38. The lowest BCUT2D eigenvalue weighted by molar-refractivity contribution is 0.478. The number of nitrogens with zero attached hydrogens (tertiary/aromatic N) is 2. The molecule has 1 atom stereocenters. The normalized spacial score (nSPS) is 12.9. The van der Waals surface area contributed by atoms with Gasteiger partial charge in [-0.3, -0.25) is 0 Å². The summed E-state index contributed by atoms with van der Waals surface area (Å²) in [5.74, 6) is 0. The zero-order chi connectivity index (χ0) is 12.3. The molecule has 1 N–H and O–H groups in total. The first-order valence-corrected chi connectivity index (χ1v) is 7.20. The van der Waals surface area contributed by atoms with Crippen molar-refractivity contribution in [1.29, 1.82) is 0 Å². The first-order chi connectivity index (χ1) is 8.15. The van der Waals surface area contributed by atoms with Crippen LogP contribution in [-0.2, 0) is 13.1 Å². The average molecular weight is 314 g/mol. The van der Waals surface area contributed by atoms with E-state index in [1.54, 1.807) is 0 Å². The minimum Gasteiger partial charge on any atom is -0.336 e. The van der Waals surface area contributed by atoms with Crippen molar-refractivity contribution in [2.24, 2.45) is 0 Å². The molecule has 0 aliphatic rings. The fourth-order valence-corrected chi connectivity index (χ4v) is 3.21. The van der Waals surface area contributed by atoms with E-state index in [1.807, 2.05) is 30.1 Å². The smallest absolute Gasteiger partial charge is 0.0946 e. The zero-order valence-corrected chi connectivity index (χ0v) is 12.4. The Morgan fingerprint density at radius 1 is 1.59 bits per heavy atom. The van der Waals surface area contributed by atoms with E-state index in [0.29, 0.717) is 6.04 Å². The Balaban J connectivity index is 1.81. The molecule has 3 nitrogen and oxygen atoms in total. The van der Waals surface area contributed by atoms with Crippen molar-refractivity contribution in [3.63, 3.8) is 0 Å². The van der Waals surface area contributed by atoms with Crippen LogP contribution in [0.1, 0.15) is 16.7 Å². The molecule has 0 saturated carbocycles. The zero-order valence-electron chi connectivity index (χ0n) is 9.98. The Kier molecular flexibility index (Phi) is 4.36. The Hall–Kier alpha value is -0.650. The van der Waals surface area contributed by atoms with Crippen LogP contribution in [0.25, 0.3) is 0 Å². The van der Waals surface area contributed by atoms with Gasteiger partial charge in [0.1, 0.15) is 0 Å². The van der Waals surface area contributed by atoms with Gasteiger partial charge in [0.05, 0.1) is 6.33 Å². The maximum atomic E-state index is 4.04. The van der Waals surface area contributed by atoms with Crippen LogP contribution in [0, 0.1) is 6.92 Å². The highest BCUT2D eigenvalue weighted by atomic mass is 79.9. The standard InChI is InChI=1S/C12H16BrN3S/c1-9(7-16-4-3-14-8-16)15-6-11-5-12(13)10(2)17-11/h3-5,8-9,15H,6-7H2,1-2H3. The second-order valence-corrected chi connectivity index (χ2v) is 6.35. The summed E-state index contributed by atoms with van der Waals surface area (Å²) < 4.78 is 3.30. The molecular formula is C12H16BrN3S. The predicted octanol–water partition coefficient (Wildman–Crippen LogP) is 3.19. The third kappa shape index (κ3) is 3.66. The van der Waals surface area contributed by atoms with Crippen molar-refractivity contribution in [2.45, 2.75) is 33.0 Å². The number of halogens is 1. The van der Waals surface area contributed by atoms with Crippen molar-refractivity contribution >= 4 is 27.3 Å². The number of imidazole rings is 1. The van der Waals surface area contributed by atoms with Crippen LogP contribution >= 0.6 is 27.3 Å². The van der Waals surface area contributed by atoms with Crippen LogP contribution in [0.4, 0.5) is 0 Å². The minimum absolute atomic E-state index is 0.436. The average Bonchev–Trinajstić information content (AvgIpc) is 2.87. The number of thiophene rings is 1. The van der Waals surface area contributed by atoms with Crippen molar-refractivity contribution in [2.75, 3.05) is 0 Å². The van der Waals surface area contributed by atoms with Gasteiger partial charge in [0.25, 0.3) is 0 Å². The lowest BCUT2D eigenvalue weighted by Gasteiger charge is -2.13. The Bertz CT molecular complexity index is 445. The highest BCUT2D eigenvalue weighted by Crippen LogP contribution is 2.26. The lowest BCUT2D eigenvalue weighted by atomic mass is 10.3. The summed E-state index contributed by atoms with van der Waals surface area (Å²) in [5.41, 5.74) is 0. The molecule has 0 spiro atoms. The van der Waals surface area contributed by atoms with Gasteiger partial charge in [-0.1, -0.05) is 0 Å². The molecule has 2 aromatic heterocycles. The van der Waals surface area contributed by atoms with E-state index in [2.05, 4.69) is 50.7 Å². The first-order valence-electron chi connectivity index (χ1n) is 5.59. The van der Waals surface area contributed by atoms with Crippen molar-refractivity contribution in [3.05, 3.63) is 39.0 Å². The van der Waals surface area contributed by atoms with E-state index in [1.165, 1.54) is 14.2 Å². The highest BCUT2D eigenvalue weighted by Gasteiger charge is 2.05. The SMILES string of the molecule is Cc1sc(CNC(C)Cn2ccnc2)cc1Br. The Morgan fingerprint density at radius 3 is 3.00 bits per heavy atom. The van der Waals surface area contributed by atoms with Crippen LogP contribution in [0.5, 0.6) is 0 Å². The van der Waals surface area contributed by atoms with Crippen LogP contribution in [0.2, 0.25) is 0 Å². The van der Waals surface area contributed by atoms with E-state index >= 15 is 0 Å². The summed E-state index contributed by atoms with van der Waals surface area (Å²) in [6, 6.07) is 2.63. The van der Waals surface area contributed by atoms with Crippen molar-refractivity contribution < 1.29 is 0 Å². The lowest BCUT2D eigenvalue weighted by Crippen LogP contribution is -2.29. The predicted molar refractivity (Wildman–Crippen MR) is 75.3 cm³/mol. The number of aromatic nitrogens is 2. The molecule has 0 fully saturated rings. The summed E-state index contributed by atoms with van der Waals surface area (Å²) in [6.45, 7) is 6.20. The van der Waals surface area contributed by atoms with Gasteiger partial charge in [0, 0.05) is 45.8 Å². The summed E-state index contributed by atoms with van der Waals surface area (Å²) in [6.07, 6.45) is 5.65. The van der Waals surface area contributed by atoms with Crippen LogP contribution in [-0.4, -0.2) is 15.6 Å². The van der Waals surface area contributed by atoms with Crippen LogP contribution < -0.4 is 5.32 Å². The molecule has 5 heteroatoms. The van der Waals surface area contributed by atoms with Gasteiger partial charge in [-0.05, 0) is 35.8 Å². The molecule has 0 saturated heterocycles. The molecule has 0 aromatic carbocycles. The van der Waals surface area contributed by atoms with Gasteiger partial charge in [0.2, 0.25) is 0 Å². The topological polar surface area (TPSA) is 29.9 Å². The second kappa shape index (κ2) is 5.80. The van der Waals surface area contributed by atoms with Gasteiger partial charge >= 0.3 is 0 Å². The van der Waals surface area contributed by atoms with Gasteiger partial charge in [-0.15, -0.1) is 11.3 Å². The van der Waals surface area contributed by atoms with Gasteiger partial charge in [-0.25, -0.2) is 4.98 Å². The van der Waals surface area contributed by atoms with E-state index < -0.39 is 0 Å². The Morgan fingerprint density at radius 2 is 2.41 bits per heavy atom. The minimum atomic E-state index is 0.436. The fourth-order valence-electron chi connectivity index (χ4n) is 1.66. The molecule has 1 unspecified atom stereocenters. The van der Waals surface area contributed by atoms with Gasteiger partial charge < -0.3 is 9.88 Å². The van der Waals surface area contributed by atoms with E-state index in [4.69, 9.17) is 0 Å². The van der Waals surface area contributed by atoms with Crippen LogP contribution in [0.3, 0.4) is 0 Å². The van der Waals surface area contributed by atoms with E-state index in [0.717, 1.165) is 13.1 Å². The maximum absolute atomic E-state index is 4.04. The first kappa shape index (κ1) is 12.8. The van der Waals surface area contributed by atoms with Crippen molar-refractivity contribution in [1.82, 2.24) is 14.9 Å². The molecule has 17 heavy (non-hydrogen) atoms. The molecule has 0 bridgehead atoms. The summed E-state index contributed by atoms with van der Waals surface area (Å²) in [7, 11) is 0. The molecule has 0 aliphatic heterocycles. The number of rotatable bonds is 5. The molecule has 2 heterocycles. The number of aryl methyl sites for hydroxylation is 1. The van der Waals surface area contributed by atoms with E-state index in [9.17, 15) is 0 Å². The molecular weight excluding hydrogens is 298 g/mol. The summed E-state index contributed by atoms with van der Waals surface area (Å²) in [5, 5.41) is 3.52. The second-order valence-electron chi connectivity index (χ2n) is 4.16. The number of hydrogen-bond acceptors (Lipinski definition) is 3. The maximum Gasteiger partial charge on any atom is 0.0946 e. The monoisotopic (exact) mass is 313 g/mol. The molecule has 92 valence electrons. The van der Waals surface area contributed by atoms with Crippen molar-refractivity contribution in [3.8, 4) is 0 Å². The molecule has 2 rings (SSSR count). The van der Waals surface area contributed by atoms with Crippen LogP contribution in [0.15, 0.2) is 29.3 Å². The third-order valence-corrected chi connectivity index (χ3v) is 4.71. The number of hydrogen-bond donors (Lipinski definition) is 1. The Labute approximate surface area is 114 Å². The number of nitrogens with one attached hydrogen (secondary N) is 1. The van der Waals surface area contributed by atoms with E-state index in [-0.39, 0.29) is 0 Å². The summed E-state index contributed by atoms with van der Waals surface area (Å²) in [4.78, 5) is 6.74. The third-order valence-electron chi connectivity index (χ3n) is 2.58. The largest absolute Gasteiger partial charge is 0.336 e. The molecule has 0 radical (unpaired) electrons. The molecule has 2 aromatic rings. The quantitative estimate of drug-likeness (QED) is 0.918. The van der Waals surface area contributed by atoms with Gasteiger partial charge in [-0.2, -0.15) is 0 Å². The van der Waals surface area contributed by atoms with Gasteiger partial charge in [0.15, 0.2) is 0 Å². The fraction of sp³-hybridized carbons (Fsp3) is 0.417.